The zero-order valence-corrected chi connectivity index (χ0v) is 18.8. The molecule has 0 bridgehead atoms. The summed E-state index contributed by atoms with van der Waals surface area (Å²) in [5.41, 5.74) is 0. The Kier molecular flexibility index (Phi) is 13.2. The summed E-state index contributed by atoms with van der Waals surface area (Å²) in [6.07, 6.45) is 0. The van der Waals surface area contributed by atoms with Crippen molar-refractivity contribution in [3.05, 3.63) is 0 Å². The van der Waals surface area contributed by atoms with Gasteiger partial charge in [-0.15, -0.1) is 0 Å². The molecule has 0 aliphatic carbocycles. The van der Waals surface area contributed by atoms with E-state index in [9.17, 15) is 28.8 Å². The molecule has 0 aromatic heterocycles. The van der Waals surface area contributed by atoms with E-state index >= 15 is 0 Å². The molecule has 0 radical (unpaired) electrons. The maximum Gasteiger partial charge on any atom is 0.704 e. The fourth-order valence-corrected chi connectivity index (χ4v) is 4.24. The van der Waals surface area contributed by atoms with E-state index in [-0.39, 0.29) is 6.04 Å². The van der Waals surface area contributed by atoms with Gasteiger partial charge < -0.3 is 26.6 Å². The average molecular weight is 441 g/mol. The van der Waals surface area contributed by atoms with Gasteiger partial charge in [-0.2, -0.15) is 0 Å². The fraction of sp³-hybridized carbons (Fsp3) is 0.571. The van der Waals surface area contributed by atoms with Crippen LogP contribution in [0.2, 0.25) is 6.04 Å². The SMILES string of the molecule is CC(=O)O[SiH](OC(C)=O)OC(C)=O.CC[Si](OC(C)=O)(OC(C)=O)OC(C)=O. The highest BCUT2D eigenvalue weighted by molar-refractivity contribution is 6.65. The molecule has 28 heavy (non-hydrogen) atoms. The lowest BCUT2D eigenvalue weighted by Gasteiger charge is -2.24. The average Bonchev–Trinajstić information content (AvgIpc) is 2.43. The number of hydrogen-bond donors (Lipinski definition) is 0. The predicted molar refractivity (Wildman–Crippen MR) is 94.0 cm³/mol. The van der Waals surface area contributed by atoms with Crippen molar-refractivity contribution in [2.75, 3.05) is 0 Å². The molecule has 0 N–H and O–H groups in total. The van der Waals surface area contributed by atoms with E-state index in [1.807, 2.05) is 0 Å². The zero-order chi connectivity index (χ0) is 22.5. The molecule has 0 aliphatic heterocycles. The first-order chi connectivity index (χ1) is 12.7. The summed E-state index contributed by atoms with van der Waals surface area (Å²) in [5.74, 6) is -3.90. The smallest absolute Gasteiger partial charge is 0.458 e. The first-order valence-electron chi connectivity index (χ1n) is 7.83. The predicted octanol–water partition coefficient (Wildman–Crippen LogP) is 0.0274. The van der Waals surface area contributed by atoms with Gasteiger partial charge in [0.2, 0.25) is 0 Å². The van der Waals surface area contributed by atoms with Gasteiger partial charge in [0, 0.05) is 41.5 Å². The first kappa shape index (κ1) is 27.5. The van der Waals surface area contributed by atoms with Crippen LogP contribution in [0.1, 0.15) is 48.5 Å². The lowest BCUT2D eigenvalue weighted by Crippen LogP contribution is -2.48. The number of carbonyl (C=O) groups excluding carboxylic acids is 6. The Morgan fingerprint density at radius 2 is 0.821 bits per heavy atom. The lowest BCUT2D eigenvalue weighted by molar-refractivity contribution is -0.149. The number of carbonyl (C=O) groups is 6. The second-order valence-electron chi connectivity index (χ2n) is 4.93. The Morgan fingerprint density at radius 1 is 0.571 bits per heavy atom. The summed E-state index contributed by atoms with van der Waals surface area (Å²) >= 11 is 0. The van der Waals surface area contributed by atoms with Crippen molar-refractivity contribution in [3.8, 4) is 0 Å². The highest BCUT2D eigenvalue weighted by atomic mass is 28.4. The molecular formula is C14H24O12Si2. The molecule has 0 saturated carbocycles. The van der Waals surface area contributed by atoms with Gasteiger partial charge in [-0.25, -0.2) is 0 Å². The molecular weight excluding hydrogens is 416 g/mol. The fourth-order valence-electron chi connectivity index (χ4n) is 1.41. The molecule has 14 heteroatoms. The largest absolute Gasteiger partial charge is 0.704 e. The van der Waals surface area contributed by atoms with Gasteiger partial charge >= 0.3 is 18.3 Å². The third kappa shape index (κ3) is 15.5. The molecule has 0 rings (SSSR count). The van der Waals surface area contributed by atoms with Crippen LogP contribution in [-0.4, -0.2) is 54.1 Å². The minimum Gasteiger partial charge on any atom is -0.458 e. The highest BCUT2D eigenvalue weighted by Crippen LogP contribution is 2.16. The van der Waals surface area contributed by atoms with E-state index < -0.39 is 54.1 Å². The van der Waals surface area contributed by atoms with Crippen molar-refractivity contribution in [1.82, 2.24) is 0 Å². The molecule has 0 fully saturated rings. The van der Waals surface area contributed by atoms with E-state index in [1.54, 1.807) is 6.92 Å². The molecule has 0 saturated heterocycles. The summed E-state index contributed by atoms with van der Waals surface area (Å²) < 4.78 is 27.9. The van der Waals surface area contributed by atoms with Gasteiger partial charge in [-0.05, 0) is 0 Å². The van der Waals surface area contributed by atoms with Crippen LogP contribution >= 0.6 is 0 Å². The van der Waals surface area contributed by atoms with Crippen molar-refractivity contribution in [3.63, 3.8) is 0 Å². The maximum atomic E-state index is 10.8. The van der Waals surface area contributed by atoms with Crippen LogP contribution in [0.4, 0.5) is 0 Å². The molecule has 0 heterocycles. The highest BCUT2D eigenvalue weighted by Gasteiger charge is 2.49. The minimum atomic E-state index is -3.51. The number of hydrogen-bond acceptors (Lipinski definition) is 12. The van der Waals surface area contributed by atoms with Crippen LogP contribution < -0.4 is 0 Å². The molecule has 160 valence electrons. The Balaban J connectivity index is 0. The summed E-state index contributed by atoms with van der Waals surface area (Å²) in [5, 5.41) is 0. The Bertz CT molecular complexity index is 524. The van der Waals surface area contributed by atoms with E-state index in [0.29, 0.717) is 0 Å². The summed E-state index contributed by atoms with van der Waals surface area (Å²) in [4.78, 5) is 63.8. The van der Waals surface area contributed by atoms with Gasteiger partial charge in [0.05, 0.1) is 6.04 Å². The summed E-state index contributed by atoms with van der Waals surface area (Å²) in [6, 6.07) is 0.158. The second-order valence-corrected chi connectivity index (χ2v) is 8.90. The summed E-state index contributed by atoms with van der Waals surface area (Å²) in [7, 11) is -6.46. The third-order valence-electron chi connectivity index (χ3n) is 2.12. The normalized spacial score (nSPS) is 9.86. The molecule has 0 aromatic rings. The van der Waals surface area contributed by atoms with Gasteiger partial charge in [-0.1, -0.05) is 6.92 Å². The minimum absolute atomic E-state index is 0.158. The third-order valence-corrected chi connectivity index (χ3v) is 6.35. The monoisotopic (exact) mass is 440 g/mol. The number of rotatable bonds is 7. The Labute approximate surface area is 164 Å². The topological polar surface area (TPSA) is 158 Å². The van der Waals surface area contributed by atoms with E-state index in [4.69, 9.17) is 13.3 Å². The zero-order valence-electron chi connectivity index (χ0n) is 16.7. The maximum absolute atomic E-state index is 10.8. The first-order valence-corrected chi connectivity index (χ1v) is 11.2. The van der Waals surface area contributed by atoms with Crippen LogP contribution in [0.25, 0.3) is 0 Å². The Hall–Kier alpha value is -2.75. The van der Waals surface area contributed by atoms with Gasteiger partial charge in [0.1, 0.15) is 0 Å². The van der Waals surface area contributed by atoms with Crippen molar-refractivity contribution in [2.24, 2.45) is 0 Å². The van der Waals surface area contributed by atoms with Crippen LogP contribution in [0.15, 0.2) is 0 Å². The molecule has 0 spiro atoms. The van der Waals surface area contributed by atoms with E-state index in [0.717, 1.165) is 41.5 Å². The van der Waals surface area contributed by atoms with Crippen LogP contribution in [-0.2, 0) is 55.3 Å². The quantitative estimate of drug-likeness (QED) is 0.490. The lowest BCUT2D eigenvalue weighted by atomic mass is 10.9. The molecule has 12 nitrogen and oxygen atoms in total. The van der Waals surface area contributed by atoms with Crippen molar-refractivity contribution >= 4 is 54.1 Å². The molecule has 0 unspecified atom stereocenters. The second kappa shape index (κ2) is 13.4. The van der Waals surface area contributed by atoms with Crippen molar-refractivity contribution in [1.29, 1.82) is 0 Å². The van der Waals surface area contributed by atoms with Gasteiger partial charge in [0.25, 0.3) is 35.8 Å². The summed E-state index contributed by atoms with van der Waals surface area (Å²) in [6.45, 7) is 8.48. The van der Waals surface area contributed by atoms with Crippen molar-refractivity contribution in [2.45, 2.75) is 54.5 Å². The van der Waals surface area contributed by atoms with E-state index in [1.165, 1.54) is 0 Å². The van der Waals surface area contributed by atoms with Gasteiger partial charge in [0.15, 0.2) is 0 Å². The van der Waals surface area contributed by atoms with Crippen LogP contribution in [0.3, 0.4) is 0 Å². The molecule has 0 aromatic carbocycles. The molecule has 0 atom stereocenters. The molecule has 0 aliphatic rings. The van der Waals surface area contributed by atoms with E-state index in [2.05, 4.69) is 13.3 Å². The van der Waals surface area contributed by atoms with Crippen LogP contribution in [0, 0.1) is 0 Å². The van der Waals surface area contributed by atoms with Crippen molar-refractivity contribution < 1.29 is 55.3 Å². The standard InChI is InChI=1S/C8H14O6Si.C6H10O6Si/c1-5-15(12-6(2)9,13-7(3)10)14-8(4)11;1-4(7)10-13(11-5(2)8)12-6(3)9/h5H2,1-4H3;13H,1-3H3. The van der Waals surface area contributed by atoms with Crippen LogP contribution in [0.5, 0.6) is 0 Å². The van der Waals surface area contributed by atoms with Gasteiger partial charge in [-0.3, -0.25) is 28.8 Å². The Morgan fingerprint density at radius 3 is 0.964 bits per heavy atom. The molecule has 0 amide bonds.